The highest BCUT2D eigenvalue weighted by Gasteiger charge is 2.41. The minimum Gasteiger partial charge on any atom is -0.317 e. The van der Waals surface area contributed by atoms with Gasteiger partial charge in [0.05, 0.1) is 0 Å². The van der Waals surface area contributed by atoms with Crippen LogP contribution in [0.1, 0.15) is 47.1 Å². The van der Waals surface area contributed by atoms with E-state index < -0.39 is 8.07 Å². The molecule has 128 valence electrons. The number of benzene rings is 1. The Morgan fingerprint density at radius 1 is 0.917 bits per heavy atom. The SMILES string of the molecule is CC(C)[Si](C#Cc1cn(C)c(=O)c2ccccc12)(C(C)C)C(C)C. The number of fused-ring (bicyclic) bond motifs is 1. The molecule has 0 radical (unpaired) electrons. The molecule has 2 nitrogen and oxygen atoms in total. The van der Waals surface area contributed by atoms with Crippen LogP contribution in [0.25, 0.3) is 10.8 Å². The molecule has 0 unspecified atom stereocenters. The van der Waals surface area contributed by atoms with Gasteiger partial charge in [0.15, 0.2) is 0 Å². The zero-order valence-electron chi connectivity index (χ0n) is 16.0. The predicted molar refractivity (Wildman–Crippen MR) is 107 cm³/mol. The molecule has 2 aromatic rings. The average molecular weight is 340 g/mol. The van der Waals surface area contributed by atoms with Crippen LogP contribution in [0.15, 0.2) is 35.3 Å². The standard InChI is InChI=1S/C21H29NOSi/c1-15(2)24(16(3)4,17(5)6)13-12-18-14-22(7)21(23)20-11-9-8-10-19(18)20/h8-11,14-17H,1-7H3. The van der Waals surface area contributed by atoms with Gasteiger partial charge in [0.1, 0.15) is 8.07 Å². The molecule has 0 N–H and O–H groups in total. The number of nitrogens with zero attached hydrogens (tertiary/aromatic N) is 1. The van der Waals surface area contributed by atoms with Gasteiger partial charge in [-0.3, -0.25) is 4.79 Å². The van der Waals surface area contributed by atoms with E-state index in [1.54, 1.807) is 11.6 Å². The van der Waals surface area contributed by atoms with Crippen molar-refractivity contribution in [1.82, 2.24) is 4.57 Å². The molecule has 0 aliphatic rings. The number of aryl methyl sites for hydroxylation is 1. The maximum Gasteiger partial charge on any atom is 0.258 e. The Labute approximate surface area is 146 Å². The summed E-state index contributed by atoms with van der Waals surface area (Å²) < 4.78 is 1.65. The van der Waals surface area contributed by atoms with Crippen molar-refractivity contribution in [1.29, 1.82) is 0 Å². The summed E-state index contributed by atoms with van der Waals surface area (Å²) in [5, 5.41) is 1.71. The van der Waals surface area contributed by atoms with Crippen molar-refractivity contribution in [2.75, 3.05) is 0 Å². The van der Waals surface area contributed by atoms with Gasteiger partial charge in [0.25, 0.3) is 5.56 Å². The van der Waals surface area contributed by atoms with Crippen molar-refractivity contribution in [3.8, 4) is 11.5 Å². The lowest BCUT2D eigenvalue weighted by Gasteiger charge is -2.38. The van der Waals surface area contributed by atoms with Crippen molar-refractivity contribution < 1.29 is 0 Å². The van der Waals surface area contributed by atoms with E-state index >= 15 is 0 Å². The van der Waals surface area contributed by atoms with Gasteiger partial charge >= 0.3 is 0 Å². The van der Waals surface area contributed by atoms with Crippen molar-refractivity contribution in [2.45, 2.75) is 58.2 Å². The zero-order chi connectivity index (χ0) is 18.1. The maximum absolute atomic E-state index is 12.3. The Bertz CT molecular complexity index is 828. The van der Waals surface area contributed by atoms with Crippen molar-refractivity contribution in [3.05, 3.63) is 46.4 Å². The van der Waals surface area contributed by atoms with E-state index in [2.05, 4.69) is 53.0 Å². The molecule has 3 heteroatoms. The number of rotatable bonds is 3. The first-order valence-corrected chi connectivity index (χ1v) is 11.1. The molecular formula is C21H29NOSi. The topological polar surface area (TPSA) is 22.0 Å². The predicted octanol–water partition coefficient (Wildman–Crippen LogP) is 5.11. The van der Waals surface area contributed by atoms with E-state index in [0.717, 1.165) is 16.3 Å². The first-order valence-electron chi connectivity index (χ1n) is 8.83. The smallest absolute Gasteiger partial charge is 0.258 e. The third-order valence-corrected chi connectivity index (χ3v) is 11.7. The fourth-order valence-corrected chi connectivity index (χ4v) is 9.34. The van der Waals surface area contributed by atoms with E-state index in [4.69, 9.17) is 0 Å². The third-order valence-electron chi connectivity index (χ3n) is 5.37. The van der Waals surface area contributed by atoms with E-state index in [1.165, 1.54) is 0 Å². The molecule has 0 fully saturated rings. The summed E-state index contributed by atoms with van der Waals surface area (Å²) in [5.74, 6) is 3.49. The molecule has 0 amide bonds. The molecule has 0 saturated heterocycles. The van der Waals surface area contributed by atoms with E-state index in [-0.39, 0.29) is 5.56 Å². The van der Waals surface area contributed by atoms with Gasteiger partial charge in [-0.25, -0.2) is 0 Å². The normalized spacial score (nSPS) is 12.1. The number of hydrogen-bond donors (Lipinski definition) is 0. The number of aromatic nitrogens is 1. The first kappa shape index (κ1) is 18.5. The highest BCUT2D eigenvalue weighted by atomic mass is 28.3. The van der Waals surface area contributed by atoms with Crippen LogP contribution in [0.4, 0.5) is 0 Å². The van der Waals surface area contributed by atoms with Gasteiger partial charge in [-0.1, -0.05) is 65.7 Å². The second-order valence-corrected chi connectivity index (χ2v) is 13.2. The summed E-state index contributed by atoms with van der Waals surface area (Å²) in [6, 6.07) is 7.78. The van der Waals surface area contributed by atoms with Gasteiger partial charge < -0.3 is 4.57 Å². The van der Waals surface area contributed by atoms with Crippen LogP contribution in [-0.4, -0.2) is 12.6 Å². The Balaban J connectivity index is 2.72. The molecule has 0 aliphatic heterocycles. The van der Waals surface area contributed by atoms with Crippen molar-refractivity contribution in [2.24, 2.45) is 7.05 Å². The summed E-state index contributed by atoms with van der Waals surface area (Å²) >= 11 is 0. The molecule has 1 aromatic heterocycles. The van der Waals surface area contributed by atoms with E-state index in [1.807, 2.05) is 30.5 Å². The molecule has 0 saturated carbocycles. The van der Waals surface area contributed by atoms with Gasteiger partial charge in [-0.2, -0.15) is 0 Å². The minimum atomic E-state index is -1.78. The minimum absolute atomic E-state index is 0.0382. The number of pyridine rings is 1. The molecule has 1 aromatic carbocycles. The van der Waals surface area contributed by atoms with Gasteiger partial charge in [-0.15, -0.1) is 5.54 Å². The van der Waals surface area contributed by atoms with Crippen LogP contribution < -0.4 is 5.56 Å². The highest BCUT2D eigenvalue weighted by molar-refractivity contribution is 6.90. The van der Waals surface area contributed by atoms with Crippen LogP contribution >= 0.6 is 0 Å². The third kappa shape index (κ3) is 3.08. The Morgan fingerprint density at radius 2 is 1.42 bits per heavy atom. The summed E-state index contributed by atoms with van der Waals surface area (Å²) in [6.07, 6.45) is 1.89. The lowest BCUT2D eigenvalue weighted by atomic mass is 10.1. The first-order chi connectivity index (χ1) is 11.2. The van der Waals surface area contributed by atoms with Gasteiger partial charge in [-0.05, 0) is 22.7 Å². The average Bonchev–Trinajstić information content (AvgIpc) is 2.51. The molecule has 0 bridgehead atoms. The van der Waals surface area contributed by atoms with Crippen LogP contribution in [0.2, 0.25) is 16.6 Å². The summed E-state index contributed by atoms with van der Waals surface area (Å²) in [6.45, 7) is 13.9. The Kier molecular flexibility index (Phi) is 5.40. The molecule has 1 heterocycles. The van der Waals surface area contributed by atoms with Gasteiger partial charge in [0.2, 0.25) is 0 Å². The zero-order valence-corrected chi connectivity index (χ0v) is 17.0. The van der Waals surface area contributed by atoms with E-state index in [9.17, 15) is 4.79 Å². The van der Waals surface area contributed by atoms with Crippen molar-refractivity contribution in [3.63, 3.8) is 0 Å². The Morgan fingerprint density at radius 3 is 1.92 bits per heavy atom. The summed E-state index contributed by atoms with van der Waals surface area (Å²) in [5.41, 5.74) is 6.56. The van der Waals surface area contributed by atoms with Crippen LogP contribution in [0.3, 0.4) is 0 Å². The fourth-order valence-electron chi connectivity index (χ4n) is 4.12. The molecule has 2 rings (SSSR count). The summed E-state index contributed by atoms with van der Waals surface area (Å²) in [4.78, 5) is 12.3. The highest BCUT2D eigenvalue weighted by Crippen LogP contribution is 2.40. The molecule has 24 heavy (non-hydrogen) atoms. The molecule has 0 aliphatic carbocycles. The largest absolute Gasteiger partial charge is 0.317 e. The lowest BCUT2D eigenvalue weighted by Crippen LogP contribution is -2.43. The lowest BCUT2D eigenvalue weighted by molar-refractivity contribution is 0.838. The molecule has 0 spiro atoms. The van der Waals surface area contributed by atoms with Crippen molar-refractivity contribution >= 4 is 18.8 Å². The molecular weight excluding hydrogens is 310 g/mol. The van der Waals surface area contributed by atoms with Crippen LogP contribution in [-0.2, 0) is 7.05 Å². The molecule has 0 atom stereocenters. The second-order valence-electron chi connectivity index (χ2n) is 7.65. The number of hydrogen-bond acceptors (Lipinski definition) is 1. The fraction of sp³-hybridized carbons (Fsp3) is 0.476. The quantitative estimate of drug-likeness (QED) is 0.563. The van der Waals surface area contributed by atoms with Crippen LogP contribution in [0, 0.1) is 11.5 Å². The second kappa shape index (κ2) is 6.99. The maximum atomic E-state index is 12.3. The van der Waals surface area contributed by atoms with Crippen LogP contribution in [0.5, 0.6) is 0 Å². The summed E-state index contributed by atoms with van der Waals surface area (Å²) in [7, 11) is 0.0263. The van der Waals surface area contributed by atoms with E-state index in [0.29, 0.717) is 16.6 Å². The van der Waals surface area contributed by atoms with Gasteiger partial charge in [0, 0.05) is 29.6 Å². The monoisotopic (exact) mass is 339 g/mol. The Hall–Kier alpha value is -1.79.